The molecule has 1 unspecified atom stereocenters. The molecular formula is C25H20O4. The number of carbonyl (C=O) groups is 4. The van der Waals surface area contributed by atoms with Crippen molar-refractivity contribution in [3.63, 3.8) is 0 Å². The molecule has 0 N–H and O–H groups in total. The van der Waals surface area contributed by atoms with Gasteiger partial charge in [-0.25, -0.2) is 0 Å². The van der Waals surface area contributed by atoms with Gasteiger partial charge in [-0.1, -0.05) is 91.0 Å². The average molecular weight is 384 g/mol. The van der Waals surface area contributed by atoms with Crippen molar-refractivity contribution in [1.29, 1.82) is 0 Å². The number of Topliss-reactive ketones (excluding diaryl/α,β-unsaturated/α-hetero) is 4. The monoisotopic (exact) mass is 384 g/mol. The van der Waals surface area contributed by atoms with Gasteiger partial charge in [-0.3, -0.25) is 19.2 Å². The molecule has 3 aromatic rings. The average Bonchev–Trinajstić information content (AvgIpc) is 2.77. The zero-order valence-corrected chi connectivity index (χ0v) is 15.9. The molecule has 0 saturated carbocycles. The molecule has 0 aliphatic rings. The number of hydrogen-bond donors (Lipinski definition) is 0. The molecule has 0 bridgehead atoms. The van der Waals surface area contributed by atoms with Crippen LogP contribution in [0.25, 0.3) is 0 Å². The summed E-state index contributed by atoms with van der Waals surface area (Å²) in [6, 6.07) is 24.8. The van der Waals surface area contributed by atoms with Crippen molar-refractivity contribution < 1.29 is 19.2 Å². The van der Waals surface area contributed by atoms with E-state index >= 15 is 0 Å². The maximum Gasteiger partial charge on any atom is 0.174 e. The quantitative estimate of drug-likeness (QED) is 0.425. The van der Waals surface area contributed by atoms with E-state index in [9.17, 15) is 19.2 Å². The Morgan fingerprint density at radius 1 is 0.483 bits per heavy atom. The van der Waals surface area contributed by atoms with Crippen molar-refractivity contribution >= 4 is 23.1 Å². The lowest BCUT2D eigenvalue weighted by Crippen LogP contribution is -2.40. The van der Waals surface area contributed by atoms with Crippen LogP contribution in [0.4, 0.5) is 0 Å². The Kier molecular flexibility index (Phi) is 6.25. The second-order valence-electron chi connectivity index (χ2n) is 6.76. The van der Waals surface area contributed by atoms with Crippen LogP contribution in [0.2, 0.25) is 0 Å². The van der Waals surface area contributed by atoms with Gasteiger partial charge in [0.15, 0.2) is 17.3 Å². The number of carbonyl (C=O) groups excluding carboxylic acids is 4. The van der Waals surface area contributed by atoms with Gasteiger partial charge in [-0.15, -0.1) is 0 Å². The summed E-state index contributed by atoms with van der Waals surface area (Å²) in [6.07, 6.45) is 0. The Morgan fingerprint density at radius 3 is 1.03 bits per heavy atom. The smallest absolute Gasteiger partial charge is 0.174 e. The van der Waals surface area contributed by atoms with E-state index in [1.165, 1.54) is 6.92 Å². The van der Waals surface area contributed by atoms with Crippen LogP contribution in [0.3, 0.4) is 0 Å². The number of hydrogen-bond acceptors (Lipinski definition) is 4. The fourth-order valence-corrected chi connectivity index (χ4v) is 3.34. The highest BCUT2D eigenvalue weighted by Crippen LogP contribution is 2.27. The minimum absolute atomic E-state index is 0.286. The first-order valence-corrected chi connectivity index (χ1v) is 9.29. The lowest BCUT2D eigenvalue weighted by molar-refractivity contribution is -0.120. The number of benzene rings is 3. The lowest BCUT2D eigenvalue weighted by atomic mass is 9.75. The van der Waals surface area contributed by atoms with Crippen molar-refractivity contribution in [3.05, 3.63) is 108 Å². The summed E-state index contributed by atoms with van der Waals surface area (Å²) in [7, 11) is 0. The van der Waals surface area contributed by atoms with Crippen LogP contribution < -0.4 is 0 Å². The minimum atomic E-state index is -1.43. The van der Waals surface area contributed by atoms with Crippen LogP contribution in [0.5, 0.6) is 0 Å². The van der Waals surface area contributed by atoms with Gasteiger partial charge in [-0.05, 0) is 6.92 Å². The van der Waals surface area contributed by atoms with Gasteiger partial charge in [0.2, 0.25) is 0 Å². The topological polar surface area (TPSA) is 68.3 Å². The maximum absolute atomic E-state index is 13.3. The van der Waals surface area contributed by atoms with Crippen LogP contribution in [0, 0.1) is 11.8 Å². The molecule has 0 amide bonds. The van der Waals surface area contributed by atoms with Crippen LogP contribution in [0.1, 0.15) is 38.0 Å². The fourth-order valence-electron chi connectivity index (χ4n) is 3.34. The highest BCUT2D eigenvalue weighted by molar-refractivity contribution is 6.23. The molecule has 29 heavy (non-hydrogen) atoms. The molecule has 1 atom stereocenters. The van der Waals surface area contributed by atoms with Gasteiger partial charge < -0.3 is 0 Å². The molecule has 3 rings (SSSR count). The maximum atomic E-state index is 13.3. The number of ketones is 4. The van der Waals surface area contributed by atoms with Crippen LogP contribution in [-0.2, 0) is 4.79 Å². The second-order valence-corrected chi connectivity index (χ2v) is 6.76. The van der Waals surface area contributed by atoms with E-state index in [1.54, 1.807) is 91.0 Å². The molecule has 144 valence electrons. The summed E-state index contributed by atoms with van der Waals surface area (Å²) in [5.41, 5.74) is 0.863. The molecule has 0 fully saturated rings. The predicted molar refractivity (Wildman–Crippen MR) is 110 cm³/mol. The van der Waals surface area contributed by atoms with Gasteiger partial charge in [0, 0.05) is 16.7 Å². The molecule has 4 heteroatoms. The van der Waals surface area contributed by atoms with Gasteiger partial charge >= 0.3 is 0 Å². The molecule has 0 saturated heterocycles. The summed E-state index contributed by atoms with van der Waals surface area (Å²) in [5.74, 6) is -4.94. The Labute approximate surface area is 169 Å². The van der Waals surface area contributed by atoms with Crippen molar-refractivity contribution in [2.24, 2.45) is 11.8 Å². The Hall–Kier alpha value is -3.66. The largest absolute Gasteiger partial charge is 0.299 e. The molecule has 0 radical (unpaired) electrons. The van der Waals surface area contributed by atoms with E-state index in [0.29, 0.717) is 5.56 Å². The predicted octanol–water partition coefficient (Wildman–Crippen LogP) is 4.46. The molecule has 0 aliphatic carbocycles. The molecule has 0 spiro atoms. The van der Waals surface area contributed by atoms with Gasteiger partial charge in [0.05, 0.1) is 5.92 Å². The lowest BCUT2D eigenvalue weighted by Gasteiger charge is -2.22. The summed E-state index contributed by atoms with van der Waals surface area (Å²) >= 11 is 0. The minimum Gasteiger partial charge on any atom is -0.299 e. The first-order valence-electron chi connectivity index (χ1n) is 9.29. The Balaban J connectivity index is 2.11. The zero-order valence-electron chi connectivity index (χ0n) is 15.9. The Morgan fingerprint density at radius 2 is 0.759 bits per heavy atom. The van der Waals surface area contributed by atoms with E-state index in [1.807, 2.05) is 0 Å². The molecule has 0 aromatic heterocycles. The van der Waals surface area contributed by atoms with E-state index < -0.39 is 35.0 Å². The van der Waals surface area contributed by atoms with Crippen molar-refractivity contribution in [2.45, 2.75) is 6.92 Å². The third-order valence-corrected chi connectivity index (χ3v) is 4.79. The number of rotatable bonds is 8. The van der Waals surface area contributed by atoms with Crippen LogP contribution >= 0.6 is 0 Å². The van der Waals surface area contributed by atoms with Gasteiger partial charge in [-0.2, -0.15) is 0 Å². The Bertz CT molecular complexity index is 973. The summed E-state index contributed by atoms with van der Waals surface area (Å²) < 4.78 is 0. The highest BCUT2D eigenvalue weighted by atomic mass is 16.2. The van der Waals surface area contributed by atoms with Crippen LogP contribution in [0.15, 0.2) is 91.0 Å². The summed E-state index contributed by atoms with van der Waals surface area (Å²) in [5, 5.41) is 0. The van der Waals surface area contributed by atoms with E-state index in [2.05, 4.69) is 0 Å². The first kappa shape index (κ1) is 20.1. The van der Waals surface area contributed by atoms with Gasteiger partial charge in [0.25, 0.3) is 0 Å². The zero-order chi connectivity index (χ0) is 20.8. The molecule has 0 heterocycles. The molecule has 0 aliphatic heterocycles. The van der Waals surface area contributed by atoms with E-state index in [-0.39, 0.29) is 11.1 Å². The van der Waals surface area contributed by atoms with Crippen molar-refractivity contribution in [3.8, 4) is 0 Å². The third-order valence-electron chi connectivity index (χ3n) is 4.79. The highest BCUT2D eigenvalue weighted by Gasteiger charge is 2.42. The SMILES string of the molecule is CC(=O)C(C(=O)c1ccccc1)C(C(=O)c1ccccc1)C(=O)c1ccccc1. The fraction of sp³-hybridized carbons (Fsp3) is 0.120. The molecule has 4 nitrogen and oxygen atoms in total. The standard InChI is InChI=1S/C25H20O4/c1-17(26)21(23(27)18-11-5-2-6-12-18)22(24(28)19-13-7-3-8-14-19)25(29)20-15-9-4-10-16-20/h2-16,21-22H,1H3. The van der Waals surface area contributed by atoms with Crippen LogP contribution in [-0.4, -0.2) is 23.1 Å². The summed E-state index contributed by atoms with van der Waals surface area (Å²) in [4.78, 5) is 52.4. The van der Waals surface area contributed by atoms with Crippen molar-refractivity contribution in [1.82, 2.24) is 0 Å². The van der Waals surface area contributed by atoms with E-state index in [4.69, 9.17) is 0 Å². The van der Waals surface area contributed by atoms with E-state index in [0.717, 1.165) is 0 Å². The third kappa shape index (κ3) is 4.43. The second kappa shape index (κ2) is 9.02. The molecular weight excluding hydrogens is 364 g/mol. The van der Waals surface area contributed by atoms with Crippen molar-refractivity contribution in [2.75, 3.05) is 0 Å². The van der Waals surface area contributed by atoms with Gasteiger partial charge in [0.1, 0.15) is 11.7 Å². The molecule has 3 aromatic carbocycles. The first-order chi connectivity index (χ1) is 14.0. The summed E-state index contributed by atoms with van der Waals surface area (Å²) in [6.45, 7) is 1.25. The normalized spacial score (nSPS) is 11.7.